The first kappa shape index (κ1) is 16.5. The lowest BCUT2D eigenvalue weighted by molar-refractivity contribution is -0.355. The number of rotatable bonds is 4. The summed E-state index contributed by atoms with van der Waals surface area (Å²) in [6, 6.07) is 0. The Labute approximate surface area is 95.2 Å². The smallest absolute Gasteiger partial charge is 0.200 e. The van der Waals surface area contributed by atoms with Crippen molar-refractivity contribution in [2.75, 3.05) is 0 Å². The molecule has 0 atom stereocenters. The fraction of sp³-hybridized carbons (Fsp3) is 1.00. The SMILES string of the molecule is CC(C)(C)CCCC(F)(F)C(F)(F)C(F)(F)F. The van der Waals surface area contributed by atoms with Gasteiger partial charge in [-0.05, 0) is 18.3 Å². The Kier molecular flexibility index (Phi) is 4.51. The van der Waals surface area contributed by atoms with Crippen molar-refractivity contribution in [1.82, 2.24) is 0 Å². The minimum atomic E-state index is -6.22. The fourth-order valence-corrected chi connectivity index (χ4v) is 1.21. The topological polar surface area (TPSA) is 0 Å². The molecule has 0 saturated carbocycles. The Morgan fingerprint density at radius 3 is 1.41 bits per heavy atom. The molecule has 17 heavy (non-hydrogen) atoms. The summed E-state index contributed by atoms with van der Waals surface area (Å²) < 4.78 is 85.8. The van der Waals surface area contributed by atoms with Crippen LogP contribution in [0.5, 0.6) is 0 Å². The van der Waals surface area contributed by atoms with Gasteiger partial charge in [0.15, 0.2) is 0 Å². The fourth-order valence-electron chi connectivity index (χ4n) is 1.21. The summed E-state index contributed by atoms with van der Waals surface area (Å²) in [4.78, 5) is 0. The van der Waals surface area contributed by atoms with Gasteiger partial charge in [-0.1, -0.05) is 20.8 Å². The van der Waals surface area contributed by atoms with E-state index in [0.29, 0.717) is 0 Å². The number of hydrogen-bond donors (Lipinski definition) is 0. The third kappa shape index (κ3) is 4.35. The summed E-state index contributed by atoms with van der Waals surface area (Å²) in [5, 5.41) is 0. The molecule has 0 fully saturated rings. The molecule has 0 unspecified atom stereocenters. The molecule has 0 heterocycles. The maximum Gasteiger partial charge on any atom is 0.459 e. The maximum atomic E-state index is 12.8. The lowest BCUT2D eigenvalue weighted by atomic mass is 9.88. The van der Waals surface area contributed by atoms with E-state index in [1.807, 2.05) is 0 Å². The molecule has 0 aliphatic rings. The summed E-state index contributed by atoms with van der Waals surface area (Å²) in [5.41, 5.74) is -0.385. The molecule has 0 amide bonds. The maximum absolute atomic E-state index is 12.8. The second-order valence-electron chi connectivity index (χ2n) is 5.19. The zero-order valence-corrected chi connectivity index (χ0v) is 9.77. The highest BCUT2D eigenvalue weighted by Gasteiger charge is 2.72. The average molecular weight is 268 g/mol. The molecule has 0 spiro atoms. The summed E-state index contributed by atoms with van der Waals surface area (Å²) in [7, 11) is 0. The predicted octanol–water partition coefficient (Wildman–Crippen LogP) is 5.04. The van der Waals surface area contributed by atoms with E-state index in [-0.39, 0.29) is 18.3 Å². The van der Waals surface area contributed by atoms with Gasteiger partial charge >= 0.3 is 18.0 Å². The molecule has 0 aliphatic heterocycles. The number of hydrogen-bond acceptors (Lipinski definition) is 0. The third-order valence-electron chi connectivity index (χ3n) is 2.23. The molecule has 0 aromatic heterocycles. The second kappa shape index (κ2) is 4.65. The number of halogens is 7. The Morgan fingerprint density at radius 2 is 1.12 bits per heavy atom. The summed E-state index contributed by atoms with van der Waals surface area (Å²) in [6.07, 6.45) is -7.94. The van der Waals surface area contributed by atoms with E-state index < -0.39 is 24.4 Å². The Bertz CT molecular complexity index is 246. The molecular formula is C10H15F7. The van der Waals surface area contributed by atoms with Crippen LogP contribution < -0.4 is 0 Å². The van der Waals surface area contributed by atoms with Crippen LogP contribution in [0.4, 0.5) is 30.7 Å². The molecule has 0 aromatic carbocycles. The highest BCUT2D eigenvalue weighted by atomic mass is 19.4. The second-order valence-corrected chi connectivity index (χ2v) is 5.19. The van der Waals surface area contributed by atoms with Crippen LogP contribution in [0.15, 0.2) is 0 Å². The van der Waals surface area contributed by atoms with Gasteiger partial charge < -0.3 is 0 Å². The first-order valence-corrected chi connectivity index (χ1v) is 5.03. The van der Waals surface area contributed by atoms with E-state index in [9.17, 15) is 30.7 Å². The van der Waals surface area contributed by atoms with Crippen LogP contribution in [0.3, 0.4) is 0 Å². The van der Waals surface area contributed by atoms with Crippen molar-refractivity contribution in [2.45, 2.75) is 58.1 Å². The van der Waals surface area contributed by atoms with Crippen molar-refractivity contribution in [2.24, 2.45) is 5.41 Å². The van der Waals surface area contributed by atoms with Crippen LogP contribution in [0, 0.1) is 5.41 Å². The van der Waals surface area contributed by atoms with E-state index in [1.165, 1.54) is 0 Å². The normalized spacial score (nSPS) is 15.2. The average Bonchev–Trinajstić information content (AvgIpc) is 1.98. The molecule has 0 N–H and O–H groups in total. The summed E-state index contributed by atoms with van der Waals surface area (Å²) in [6.45, 7) is 5.06. The Balaban J connectivity index is 4.58. The van der Waals surface area contributed by atoms with Crippen LogP contribution in [-0.4, -0.2) is 18.0 Å². The lowest BCUT2D eigenvalue weighted by Crippen LogP contribution is -2.51. The van der Waals surface area contributed by atoms with E-state index >= 15 is 0 Å². The predicted molar refractivity (Wildman–Crippen MR) is 49.3 cm³/mol. The van der Waals surface area contributed by atoms with Gasteiger partial charge in [-0.25, -0.2) is 0 Å². The van der Waals surface area contributed by atoms with E-state index in [4.69, 9.17) is 0 Å². The highest BCUT2D eigenvalue weighted by Crippen LogP contribution is 2.48. The first-order chi connectivity index (χ1) is 7.21. The van der Waals surface area contributed by atoms with Gasteiger partial charge in [-0.3, -0.25) is 0 Å². The van der Waals surface area contributed by atoms with Crippen LogP contribution in [0.1, 0.15) is 40.0 Å². The Hall–Kier alpha value is -0.490. The molecule has 0 radical (unpaired) electrons. The van der Waals surface area contributed by atoms with Crippen molar-refractivity contribution in [1.29, 1.82) is 0 Å². The molecule has 0 rings (SSSR count). The largest absolute Gasteiger partial charge is 0.459 e. The van der Waals surface area contributed by atoms with Gasteiger partial charge in [0.25, 0.3) is 0 Å². The quantitative estimate of drug-likeness (QED) is 0.627. The standard InChI is InChI=1S/C10H15F7/c1-7(2,3)5-4-6-8(11,12)9(13,14)10(15,16)17/h4-6H2,1-3H3. The van der Waals surface area contributed by atoms with E-state index in [0.717, 1.165) is 0 Å². The molecule has 0 bridgehead atoms. The third-order valence-corrected chi connectivity index (χ3v) is 2.23. The van der Waals surface area contributed by atoms with Gasteiger partial charge in [-0.2, -0.15) is 30.7 Å². The van der Waals surface area contributed by atoms with Crippen LogP contribution in [0.25, 0.3) is 0 Å². The minimum Gasteiger partial charge on any atom is -0.200 e. The molecular weight excluding hydrogens is 253 g/mol. The molecule has 0 saturated heterocycles. The summed E-state index contributed by atoms with van der Waals surface area (Å²) in [5.74, 6) is -11.0. The van der Waals surface area contributed by atoms with Crippen LogP contribution in [0.2, 0.25) is 0 Å². The minimum absolute atomic E-state index is 0.149. The lowest BCUT2D eigenvalue weighted by Gasteiger charge is -2.29. The molecule has 104 valence electrons. The summed E-state index contributed by atoms with van der Waals surface area (Å²) >= 11 is 0. The van der Waals surface area contributed by atoms with Crippen molar-refractivity contribution >= 4 is 0 Å². The van der Waals surface area contributed by atoms with Gasteiger partial charge in [0.1, 0.15) is 0 Å². The van der Waals surface area contributed by atoms with Crippen molar-refractivity contribution in [3.05, 3.63) is 0 Å². The zero-order chi connectivity index (χ0) is 14.1. The van der Waals surface area contributed by atoms with E-state index in [2.05, 4.69) is 0 Å². The van der Waals surface area contributed by atoms with Gasteiger partial charge in [0.05, 0.1) is 0 Å². The van der Waals surface area contributed by atoms with Crippen LogP contribution in [-0.2, 0) is 0 Å². The van der Waals surface area contributed by atoms with E-state index in [1.54, 1.807) is 20.8 Å². The zero-order valence-electron chi connectivity index (χ0n) is 9.77. The first-order valence-electron chi connectivity index (χ1n) is 5.03. The van der Waals surface area contributed by atoms with Gasteiger partial charge in [0.2, 0.25) is 0 Å². The van der Waals surface area contributed by atoms with Crippen molar-refractivity contribution in [3.8, 4) is 0 Å². The van der Waals surface area contributed by atoms with Gasteiger partial charge in [-0.15, -0.1) is 0 Å². The molecule has 0 aromatic rings. The monoisotopic (exact) mass is 268 g/mol. The Morgan fingerprint density at radius 1 is 0.706 bits per heavy atom. The van der Waals surface area contributed by atoms with Crippen LogP contribution >= 0.6 is 0 Å². The number of alkyl halides is 7. The van der Waals surface area contributed by atoms with Crippen molar-refractivity contribution in [3.63, 3.8) is 0 Å². The highest BCUT2D eigenvalue weighted by molar-refractivity contribution is 4.91. The molecule has 0 aliphatic carbocycles. The molecule has 0 nitrogen and oxygen atoms in total. The van der Waals surface area contributed by atoms with Crippen molar-refractivity contribution < 1.29 is 30.7 Å². The molecule has 7 heteroatoms. The van der Waals surface area contributed by atoms with Gasteiger partial charge in [0, 0.05) is 6.42 Å².